The van der Waals surface area contributed by atoms with Crippen LogP contribution in [0.1, 0.15) is 42.5 Å². The van der Waals surface area contributed by atoms with E-state index in [-0.39, 0.29) is 29.0 Å². The highest BCUT2D eigenvalue weighted by Gasteiger charge is 2.26. The lowest BCUT2D eigenvalue weighted by Crippen LogP contribution is -2.38. The molecule has 2 rings (SSSR count). The zero-order valence-corrected chi connectivity index (χ0v) is 10.6. The smallest absolute Gasteiger partial charge is 0.261 e. The molecular formula is C14H19NO3. The number of phenols is 2. The van der Waals surface area contributed by atoms with Crippen molar-refractivity contribution in [2.24, 2.45) is 0 Å². The van der Waals surface area contributed by atoms with Gasteiger partial charge in [0.2, 0.25) is 0 Å². The number of benzene rings is 1. The van der Waals surface area contributed by atoms with Crippen molar-refractivity contribution < 1.29 is 15.0 Å². The Morgan fingerprint density at radius 1 is 1.17 bits per heavy atom. The molecule has 0 heterocycles. The highest BCUT2D eigenvalue weighted by atomic mass is 16.3. The maximum absolute atomic E-state index is 12.3. The zero-order valence-electron chi connectivity index (χ0n) is 10.6. The van der Waals surface area contributed by atoms with Crippen LogP contribution in [0.5, 0.6) is 11.5 Å². The summed E-state index contributed by atoms with van der Waals surface area (Å²) >= 11 is 0. The van der Waals surface area contributed by atoms with Crippen molar-refractivity contribution in [3.05, 3.63) is 23.8 Å². The normalized spacial score (nSPS) is 16.5. The first-order valence-corrected chi connectivity index (χ1v) is 6.39. The number of rotatable bonds is 2. The van der Waals surface area contributed by atoms with Gasteiger partial charge in [0.15, 0.2) is 0 Å². The molecule has 0 saturated heterocycles. The molecule has 0 atom stereocenters. The molecule has 18 heavy (non-hydrogen) atoms. The van der Waals surface area contributed by atoms with Crippen LogP contribution in [0.2, 0.25) is 0 Å². The quantitative estimate of drug-likeness (QED) is 0.846. The maximum Gasteiger partial charge on any atom is 0.261 e. The summed E-state index contributed by atoms with van der Waals surface area (Å²) in [5, 5.41) is 19.4. The van der Waals surface area contributed by atoms with Gasteiger partial charge in [0, 0.05) is 13.1 Å². The summed E-state index contributed by atoms with van der Waals surface area (Å²) < 4.78 is 0. The van der Waals surface area contributed by atoms with E-state index in [4.69, 9.17) is 0 Å². The predicted octanol–water partition coefficient (Wildman–Crippen LogP) is 2.50. The third-order valence-corrected chi connectivity index (χ3v) is 3.68. The van der Waals surface area contributed by atoms with Gasteiger partial charge in [0.25, 0.3) is 5.91 Å². The van der Waals surface area contributed by atoms with E-state index in [1.54, 1.807) is 11.9 Å². The van der Waals surface area contributed by atoms with Crippen LogP contribution in [-0.2, 0) is 0 Å². The lowest BCUT2D eigenvalue weighted by molar-refractivity contribution is 0.0690. The molecule has 1 aromatic carbocycles. The van der Waals surface area contributed by atoms with Crippen molar-refractivity contribution in [1.29, 1.82) is 0 Å². The van der Waals surface area contributed by atoms with Gasteiger partial charge in [-0.25, -0.2) is 0 Å². The average Bonchev–Trinajstić information content (AvgIpc) is 2.38. The summed E-state index contributed by atoms with van der Waals surface area (Å²) in [6.07, 6.45) is 5.48. The second kappa shape index (κ2) is 5.29. The summed E-state index contributed by atoms with van der Waals surface area (Å²) in [5.74, 6) is -0.636. The fourth-order valence-corrected chi connectivity index (χ4v) is 2.56. The Bertz CT molecular complexity index is 418. The van der Waals surface area contributed by atoms with Crippen molar-refractivity contribution in [2.45, 2.75) is 38.1 Å². The first kappa shape index (κ1) is 12.7. The molecule has 0 radical (unpaired) electrons. The fraction of sp³-hybridized carbons (Fsp3) is 0.500. The van der Waals surface area contributed by atoms with Crippen LogP contribution in [0.3, 0.4) is 0 Å². The lowest BCUT2D eigenvalue weighted by Gasteiger charge is -2.31. The van der Waals surface area contributed by atoms with Crippen LogP contribution >= 0.6 is 0 Å². The van der Waals surface area contributed by atoms with Crippen molar-refractivity contribution >= 4 is 5.91 Å². The van der Waals surface area contributed by atoms with E-state index in [0.717, 1.165) is 25.7 Å². The topological polar surface area (TPSA) is 60.8 Å². The number of aromatic hydroxyl groups is 2. The lowest BCUT2D eigenvalue weighted by atomic mass is 9.94. The maximum atomic E-state index is 12.3. The summed E-state index contributed by atoms with van der Waals surface area (Å²) in [4.78, 5) is 13.9. The molecule has 0 unspecified atom stereocenters. The van der Waals surface area contributed by atoms with E-state index < -0.39 is 0 Å². The number of phenolic OH excluding ortho intramolecular Hbond substituents is 2. The van der Waals surface area contributed by atoms with Gasteiger partial charge in [-0.15, -0.1) is 0 Å². The molecule has 0 bridgehead atoms. The third kappa shape index (κ3) is 2.42. The van der Waals surface area contributed by atoms with Gasteiger partial charge in [0.05, 0.1) is 0 Å². The molecule has 1 amide bonds. The molecule has 1 saturated carbocycles. The number of nitrogens with zero attached hydrogens (tertiary/aromatic N) is 1. The van der Waals surface area contributed by atoms with Crippen LogP contribution in [0.4, 0.5) is 0 Å². The minimum atomic E-state index is -0.308. The molecule has 1 fully saturated rings. The van der Waals surface area contributed by atoms with Crippen LogP contribution in [-0.4, -0.2) is 34.1 Å². The number of carbonyl (C=O) groups is 1. The molecule has 1 aromatic rings. The average molecular weight is 249 g/mol. The van der Waals surface area contributed by atoms with E-state index in [1.165, 1.54) is 24.6 Å². The van der Waals surface area contributed by atoms with Gasteiger partial charge < -0.3 is 15.1 Å². The predicted molar refractivity (Wildman–Crippen MR) is 68.7 cm³/mol. The Hall–Kier alpha value is -1.71. The summed E-state index contributed by atoms with van der Waals surface area (Å²) in [6.45, 7) is 0. The van der Waals surface area contributed by atoms with Crippen LogP contribution in [0.15, 0.2) is 18.2 Å². The van der Waals surface area contributed by atoms with Gasteiger partial charge in [-0.3, -0.25) is 4.79 Å². The molecule has 0 spiro atoms. The van der Waals surface area contributed by atoms with Crippen molar-refractivity contribution in [1.82, 2.24) is 4.90 Å². The van der Waals surface area contributed by atoms with E-state index >= 15 is 0 Å². The fourth-order valence-electron chi connectivity index (χ4n) is 2.56. The molecule has 1 aliphatic rings. The largest absolute Gasteiger partial charge is 0.507 e. The van der Waals surface area contributed by atoms with Gasteiger partial charge in [-0.05, 0) is 25.0 Å². The van der Waals surface area contributed by atoms with Gasteiger partial charge in [-0.1, -0.05) is 25.3 Å². The number of hydrogen-bond acceptors (Lipinski definition) is 3. The van der Waals surface area contributed by atoms with Gasteiger partial charge in [-0.2, -0.15) is 0 Å². The third-order valence-electron chi connectivity index (χ3n) is 3.68. The number of hydrogen-bond donors (Lipinski definition) is 2. The summed E-state index contributed by atoms with van der Waals surface area (Å²) in [7, 11) is 1.74. The Kier molecular flexibility index (Phi) is 3.75. The Morgan fingerprint density at radius 2 is 1.72 bits per heavy atom. The van der Waals surface area contributed by atoms with Crippen molar-refractivity contribution in [3.8, 4) is 11.5 Å². The molecule has 4 nitrogen and oxygen atoms in total. The highest BCUT2D eigenvalue weighted by molar-refractivity contribution is 5.99. The number of amides is 1. The monoisotopic (exact) mass is 249 g/mol. The highest BCUT2D eigenvalue weighted by Crippen LogP contribution is 2.30. The van der Waals surface area contributed by atoms with Crippen LogP contribution in [0.25, 0.3) is 0 Å². The van der Waals surface area contributed by atoms with Crippen LogP contribution < -0.4 is 0 Å². The van der Waals surface area contributed by atoms with E-state index in [2.05, 4.69) is 0 Å². The molecule has 2 N–H and O–H groups in total. The molecule has 4 heteroatoms. The Morgan fingerprint density at radius 3 is 2.28 bits per heavy atom. The van der Waals surface area contributed by atoms with E-state index in [9.17, 15) is 15.0 Å². The zero-order chi connectivity index (χ0) is 13.1. The molecule has 0 aliphatic heterocycles. The second-order valence-electron chi connectivity index (χ2n) is 4.88. The summed E-state index contributed by atoms with van der Waals surface area (Å²) in [5.41, 5.74) is 0.00516. The first-order valence-electron chi connectivity index (χ1n) is 6.39. The first-order chi connectivity index (χ1) is 8.61. The van der Waals surface area contributed by atoms with E-state index in [0.29, 0.717) is 0 Å². The number of carbonyl (C=O) groups excluding carboxylic acids is 1. The summed E-state index contributed by atoms with van der Waals surface area (Å²) in [6, 6.07) is 4.57. The van der Waals surface area contributed by atoms with E-state index in [1.807, 2.05) is 0 Å². The Labute approximate surface area is 107 Å². The van der Waals surface area contributed by atoms with Crippen molar-refractivity contribution in [3.63, 3.8) is 0 Å². The standard InChI is InChI=1S/C14H19NO3/c1-15(10-6-3-2-4-7-10)14(18)13-11(16)8-5-9-12(13)17/h5,8-10,16-17H,2-4,6-7H2,1H3. The molecule has 0 aromatic heterocycles. The minimum absolute atomic E-state index is 0.00516. The second-order valence-corrected chi connectivity index (χ2v) is 4.88. The van der Waals surface area contributed by atoms with Gasteiger partial charge in [0.1, 0.15) is 17.1 Å². The molecule has 1 aliphatic carbocycles. The van der Waals surface area contributed by atoms with Crippen LogP contribution in [0, 0.1) is 0 Å². The minimum Gasteiger partial charge on any atom is -0.507 e. The SMILES string of the molecule is CN(C(=O)c1c(O)cccc1O)C1CCCCC1. The molecule has 98 valence electrons. The van der Waals surface area contributed by atoms with Gasteiger partial charge >= 0.3 is 0 Å². The Balaban J connectivity index is 2.19. The molecular weight excluding hydrogens is 230 g/mol. The van der Waals surface area contributed by atoms with Crippen molar-refractivity contribution in [2.75, 3.05) is 7.05 Å².